The lowest BCUT2D eigenvalue weighted by atomic mass is 9.81. The summed E-state index contributed by atoms with van der Waals surface area (Å²) in [5, 5.41) is 13.4. The Labute approximate surface area is 172 Å². The number of esters is 1. The number of amides is 3. The van der Waals surface area contributed by atoms with Gasteiger partial charge in [0.2, 0.25) is 11.8 Å². The molecule has 10 nitrogen and oxygen atoms in total. The van der Waals surface area contributed by atoms with Crippen LogP contribution < -0.4 is 5.32 Å². The number of para-hydroxylation sites is 2. The second-order valence-corrected chi connectivity index (χ2v) is 7.56. The maximum atomic E-state index is 12.6. The van der Waals surface area contributed by atoms with Crippen molar-refractivity contribution in [1.29, 1.82) is 0 Å². The van der Waals surface area contributed by atoms with Crippen molar-refractivity contribution in [3.63, 3.8) is 0 Å². The van der Waals surface area contributed by atoms with E-state index in [1.165, 1.54) is 38.1 Å². The van der Waals surface area contributed by atoms with Crippen LogP contribution in [0, 0.1) is 22.0 Å². The minimum atomic E-state index is -1.28. The number of benzene rings is 1. The fourth-order valence-corrected chi connectivity index (χ4v) is 3.97. The Kier molecular flexibility index (Phi) is 6.14. The van der Waals surface area contributed by atoms with Crippen LogP contribution >= 0.6 is 0 Å². The van der Waals surface area contributed by atoms with Gasteiger partial charge in [-0.25, -0.2) is 4.79 Å². The van der Waals surface area contributed by atoms with Crippen LogP contribution in [0.1, 0.15) is 39.5 Å². The summed E-state index contributed by atoms with van der Waals surface area (Å²) in [5.41, 5.74) is -0.328. The number of fused-ring (bicyclic) bond motifs is 1. The summed E-state index contributed by atoms with van der Waals surface area (Å²) < 4.78 is 5.14. The molecule has 1 heterocycles. The van der Waals surface area contributed by atoms with Crippen molar-refractivity contribution in [3.05, 3.63) is 34.4 Å². The number of nitrogens with one attached hydrogen (secondary N) is 1. The molecular weight excluding hydrogens is 394 g/mol. The standard InChI is InChI=1S/C20H23N3O7/c1-11(22-18(25)13-7-3-4-8-14(13)19(22)26)20(27)30-12(2)17(24)21-15-9-5-6-10-16(15)23(28)29/h5-6,9-14H,3-4,7-8H2,1-2H3,(H,21,24)/t11-,12-,13-,14-/m0/s1. The predicted molar refractivity (Wildman–Crippen MR) is 104 cm³/mol. The highest BCUT2D eigenvalue weighted by molar-refractivity contribution is 6.08. The molecule has 1 N–H and O–H groups in total. The number of likely N-dealkylation sites (tertiary alicyclic amines) is 1. The number of hydrogen-bond acceptors (Lipinski definition) is 7. The number of nitro groups is 1. The average Bonchev–Trinajstić information content (AvgIpc) is 2.98. The third-order valence-electron chi connectivity index (χ3n) is 5.62. The minimum absolute atomic E-state index is 0.0302. The summed E-state index contributed by atoms with van der Waals surface area (Å²) in [4.78, 5) is 61.4. The van der Waals surface area contributed by atoms with E-state index in [1.807, 2.05) is 0 Å². The molecular formula is C20H23N3O7. The molecule has 4 atom stereocenters. The second-order valence-electron chi connectivity index (χ2n) is 7.56. The van der Waals surface area contributed by atoms with Gasteiger partial charge in [0.25, 0.3) is 11.6 Å². The molecule has 1 aromatic carbocycles. The van der Waals surface area contributed by atoms with Crippen LogP contribution in [0.4, 0.5) is 11.4 Å². The highest BCUT2D eigenvalue weighted by Gasteiger charge is 2.51. The zero-order valence-electron chi connectivity index (χ0n) is 16.7. The van der Waals surface area contributed by atoms with Crippen molar-refractivity contribution >= 4 is 35.1 Å². The van der Waals surface area contributed by atoms with Gasteiger partial charge in [0, 0.05) is 6.07 Å². The van der Waals surface area contributed by atoms with Gasteiger partial charge in [0.1, 0.15) is 11.7 Å². The number of carbonyl (C=O) groups excluding carboxylic acids is 4. The van der Waals surface area contributed by atoms with Crippen LogP contribution in [0.25, 0.3) is 0 Å². The number of imide groups is 1. The van der Waals surface area contributed by atoms with Crippen molar-refractivity contribution < 1.29 is 28.8 Å². The molecule has 1 saturated carbocycles. The van der Waals surface area contributed by atoms with Crippen LogP contribution in [0.5, 0.6) is 0 Å². The SMILES string of the molecule is C[C@H](OC(=O)[C@H](C)N1C(=O)[C@H]2CCCC[C@@H]2C1=O)C(=O)Nc1ccccc1[N+](=O)[O-]. The van der Waals surface area contributed by atoms with E-state index in [0.29, 0.717) is 12.8 Å². The molecule has 0 unspecified atom stereocenters. The van der Waals surface area contributed by atoms with Crippen LogP contribution in [0.15, 0.2) is 24.3 Å². The summed E-state index contributed by atoms with van der Waals surface area (Å²) >= 11 is 0. The zero-order chi connectivity index (χ0) is 22.0. The molecule has 3 rings (SSSR count). The van der Waals surface area contributed by atoms with Crippen LogP contribution in [-0.4, -0.2) is 45.7 Å². The molecule has 1 aliphatic carbocycles. The largest absolute Gasteiger partial charge is 0.451 e. The maximum absolute atomic E-state index is 12.6. The lowest BCUT2D eigenvalue weighted by molar-refractivity contribution is -0.383. The first-order valence-corrected chi connectivity index (χ1v) is 9.84. The van der Waals surface area contributed by atoms with Crippen molar-refractivity contribution in [2.45, 2.75) is 51.7 Å². The molecule has 2 aliphatic rings. The fraction of sp³-hybridized carbons (Fsp3) is 0.500. The van der Waals surface area contributed by atoms with Gasteiger partial charge in [-0.05, 0) is 32.8 Å². The molecule has 1 aliphatic heterocycles. The zero-order valence-corrected chi connectivity index (χ0v) is 16.7. The molecule has 1 aromatic rings. The van der Waals surface area contributed by atoms with Crippen LogP contribution in [-0.2, 0) is 23.9 Å². The first-order chi connectivity index (χ1) is 14.2. The monoisotopic (exact) mass is 417 g/mol. The Morgan fingerprint density at radius 1 is 1.13 bits per heavy atom. The number of rotatable bonds is 6. The number of nitro benzene ring substituents is 1. The summed E-state index contributed by atoms with van der Waals surface area (Å²) in [5.74, 6) is -3.17. The van der Waals surface area contributed by atoms with Gasteiger partial charge in [-0.15, -0.1) is 0 Å². The Balaban J connectivity index is 1.64. The Morgan fingerprint density at radius 3 is 2.27 bits per heavy atom. The topological polar surface area (TPSA) is 136 Å². The van der Waals surface area contributed by atoms with E-state index in [0.717, 1.165) is 17.7 Å². The number of nitrogens with zero attached hydrogens (tertiary/aromatic N) is 2. The number of carbonyl (C=O) groups is 4. The van der Waals surface area contributed by atoms with Crippen LogP contribution in [0.2, 0.25) is 0 Å². The number of anilines is 1. The van der Waals surface area contributed by atoms with Crippen molar-refractivity contribution in [2.75, 3.05) is 5.32 Å². The molecule has 10 heteroatoms. The van der Waals surface area contributed by atoms with Gasteiger partial charge in [-0.2, -0.15) is 0 Å². The highest BCUT2D eigenvalue weighted by Crippen LogP contribution is 2.39. The molecule has 0 radical (unpaired) electrons. The molecule has 0 bridgehead atoms. The normalized spacial score (nSPS) is 22.8. The maximum Gasteiger partial charge on any atom is 0.329 e. The predicted octanol–water partition coefficient (Wildman–Crippen LogP) is 2.03. The first kappa shape index (κ1) is 21.4. The van der Waals surface area contributed by atoms with Crippen LogP contribution in [0.3, 0.4) is 0 Å². The van der Waals surface area contributed by atoms with E-state index < -0.39 is 28.9 Å². The summed E-state index contributed by atoms with van der Waals surface area (Å²) in [6.45, 7) is 2.70. The first-order valence-electron chi connectivity index (χ1n) is 9.84. The third-order valence-corrected chi connectivity index (χ3v) is 5.62. The molecule has 2 fully saturated rings. The quantitative estimate of drug-likeness (QED) is 0.324. The van der Waals surface area contributed by atoms with Gasteiger partial charge in [-0.3, -0.25) is 29.4 Å². The molecule has 160 valence electrons. The van der Waals surface area contributed by atoms with Crippen molar-refractivity contribution in [3.8, 4) is 0 Å². The molecule has 0 aromatic heterocycles. The molecule has 3 amide bonds. The Bertz CT molecular complexity index is 876. The van der Waals surface area contributed by atoms with E-state index in [2.05, 4.69) is 5.32 Å². The summed E-state index contributed by atoms with van der Waals surface area (Å²) in [7, 11) is 0. The van der Waals surface area contributed by atoms with Gasteiger partial charge in [0.15, 0.2) is 6.10 Å². The smallest absolute Gasteiger partial charge is 0.329 e. The second kappa shape index (κ2) is 8.60. The van der Waals surface area contributed by atoms with E-state index in [-0.39, 0.29) is 35.0 Å². The summed E-state index contributed by atoms with van der Waals surface area (Å²) in [6.07, 6.45) is 1.71. The van der Waals surface area contributed by atoms with E-state index in [4.69, 9.17) is 4.74 Å². The molecule has 1 saturated heterocycles. The fourth-order valence-electron chi connectivity index (χ4n) is 3.97. The van der Waals surface area contributed by atoms with E-state index in [1.54, 1.807) is 0 Å². The average molecular weight is 417 g/mol. The Hall–Kier alpha value is -3.30. The molecule has 30 heavy (non-hydrogen) atoms. The van der Waals surface area contributed by atoms with Gasteiger partial charge < -0.3 is 10.1 Å². The lowest BCUT2D eigenvalue weighted by Crippen LogP contribution is -2.46. The third kappa shape index (κ3) is 4.03. The van der Waals surface area contributed by atoms with Gasteiger partial charge >= 0.3 is 5.97 Å². The van der Waals surface area contributed by atoms with E-state index >= 15 is 0 Å². The Morgan fingerprint density at radius 2 is 1.70 bits per heavy atom. The van der Waals surface area contributed by atoms with E-state index in [9.17, 15) is 29.3 Å². The minimum Gasteiger partial charge on any atom is -0.451 e. The lowest BCUT2D eigenvalue weighted by Gasteiger charge is -2.23. The van der Waals surface area contributed by atoms with Gasteiger partial charge in [0.05, 0.1) is 16.8 Å². The summed E-state index contributed by atoms with van der Waals surface area (Å²) in [6, 6.07) is 4.41. The van der Waals surface area contributed by atoms with Crippen molar-refractivity contribution in [1.82, 2.24) is 4.90 Å². The highest BCUT2D eigenvalue weighted by atomic mass is 16.6. The number of ether oxygens (including phenoxy) is 1. The molecule has 0 spiro atoms. The number of hydrogen-bond donors (Lipinski definition) is 1. The van der Waals surface area contributed by atoms with Crippen molar-refractivity contribution in [2.24, 2.45) is 11.8 Å². The van der Waals surface area contributed by atoms with Gasteiger partial charge in [-0.1, -0.05) is 25.0 Å².